The molecule has 0 amide bonds. The summed E-state index contributed by atoms with van der Waals surface area (Å²) < 4.78 is 0. The van der Waals surface area contributed by atoms with Crippen molar-refractivity contribution in [3.05, 3.63) is 41.3 Å². The van der Waals surface area contributed by atoms with Crippen LogP contribution in [0.5, 0.6) is 0 Å². The van der Waals surface area contributed by atoms with E-state index in [0.717, 1.165) is 5.56 Å². The largest absolute Gasteiger partial charge is 0.478 e. The number of hydrogen-bond donors (Lipinski definition) is 2. The van der Waals surface area contributed by atoms with Crippen LogP contribution < -0.4 is 0 Å². The van der Waals surface area contributed by atoms with Crippen LogP contribution in [0.25, 0.3) is 22.6 Å². The maximum absolute atomic E-state index is 11.5. The van der Waals surface area contributed by atoms with Gasteiger partial charge >= 0.3 is 5.97 Å². The molecule has 2 heterocycles. The SMILES string of the molecule is Cc1ccc(C)c(-c2nc3ncncc3[nH]2)c1C(=O)O. The molecule has 0 aliphatic heterocycles. The van der Waals surface area contributed by atoms with Crippen molar-refractivity contribution < 1.29 is 9.90 Å². The van der Waals surface area contributed by atoms with Crippen molar-refractivity contribution >= 4 is 17.1 Å². The van der Waals surface area contributed by atoms with Gasteiger partial charge in [-0.3, -0.25) is 0 Å². The van der Waals surface area contributed by atoms with Crippen LogP contribution in [0.4, 0.5) is 0 Å². The Hall–Kier alpha value is -2.76. The van der Waals surface area contributed by atoms with Crippen molar-refractivity contribution in [2.45, 2.75) is 13.8 Å². The quantitative estimate of drug-likeness (QED) is 0.744. The molecule has 20 heavy (non-hydrogen) atoms. The molecule has 0 aliphatic rings. The van der Waals surface area contributed by atoms with E-state index in [2.05, 4.69) is 19.9 Å². The molecule has 0 fully saturated rings. The number of aryl methyl sites for hydroxylation is 2. The van der Waals surface area contributed by atoms with Gasteiger partial charge in [0.05, 0.1) is 11.8 Å². The van der Waals surface area contributed by atoms with Gasteiger partial charge in [-0.15, -0.1) is 0 Å². The van der Waals surface area contributed by atoms with Gasteiger partial charge < -0.3 is 10.1 Å². The molecule has 0 saturated heterocycles. The van der Waals surface area contributed by atoms with Crippen molar-refractivity contribution in [2.24, 2.45) is 0 Å². The Labute approximate surface area is 114 Å². The molecule has 2 N–H and O–H groups in total. The van der Waals surface area contributed by atoms with Crippen LogP contribution in [0, 0.1) is 13.8 Å². The first kappa shape index (κ1) is 12.3. The highest BCUT2D eigenvalue weighted by Gasteiger charge is 2.19. The topological polar surface area (TPSA) is 91.8 Å². The number of hydrogen-bond acceptors (Lipinski definition) is 4. The predicted molar refractivity (Wildman–Crippen MR) is 73.6 cm³/mol. The zero-order chi connectivity index (χ0) is 14.3. The number of H-pyrrole nitrogens is 1. The molecule has 1 aromatic carbocycles. The minimum atomic E-state index is -0.965. The molecule has 100 valence electrons. The Morgan fingerprint density at radius 1 is 1.25 bits per heavy atom. The van der Waals surface area contributed by atoms with Gasteiger partial charge in [0.1, 0.15) is 17.7 Å². The summed E-state index contributed by atoms with van der Waals surface area (Å²) in [5, 5.41) is 9.44. The van der Waals surface area contributed by atoms with Crippen LogP contribution in [-0.4, -0.2) is 31.0 Å². The van der Waals surface area contributed by atoms with Crippen LogP contribution in [0.15, 0.2) is 24.7 Å². The lowest BCUT2D eigenvalue weighted by Gasteiger charge is -2.10. The molecule has 0 bridgehead atoms. The summed E-state index contributed by atoms with van der Waals surface area (Å²) >= 11 is 0. The van der Waals surface area contributed by atoms with E-state index in [0.29, 0.717) is 28.1 Å². The molecule has 6 heteroatoms. The van der Waals surface area contributed by atoms with Gasteiger partial charge in [0.15, 0.2) is 5.65 Å². The highest BCUT2D eigenvalue weighted by Crippen LogP contribution is 2.28. The van der Waals surface area contributed by atoms with E-state index in [1.807, 2.05) is 13.0 Å². The Morgan fingerprint density at radius 3 is 2.70 bits per heavy atom. The van der Waals surface area contributed by atoms with Crippen LogP contribution in [0.3, 0.4) is 0 Å². The number of aromatic carboxylic acids is 1. The van der Waals surface area contributed by atoms with Gasteiger partial charge in [-0.25, -0.2) is 19.7 Å². The first-order valence-electron chi connectivity index (χ1n) is 6.07. The molecule has 2 aromatic heterocycles. The normalized spacial score (nSPS) is 10.9. The summed E-state index contributed by atoms with van der Waals surface area (Å²) in [4.78, 5) is 26.9. The summed E-state index contributed by atoms with van der Waals surface area (Å²) in [5.74, 6) is -0.466. The maximum atomic E-state index is 11.5. The average Bonchev–Trinajstić information content (AvgIpc) is 2.83. The lowest BCUT2D eigenvalue weighted by Crippen LogP contribution is -2.05. The number of benzene rings is 1. The van der Waals surface area contributed by atoms with Crippen molar-refractivity contribution in [3.63, 3.8) is 0 Å². The minimum Gasteiger partial charge on any atom is -0.478 e. The zero-order valence-corrected chi connectivity index (χ0v) is 11.0. The second-order valence-corrected chi connectivity index (χ2v) is 4.60. The number of carboxylic acid groups (broad SMARTS) is 1. The fraction of sp³-hybridized carbons (Fsp3) is 0.143. The standard InChI is InChI=1S/C14H12N4O2/c1-7-3-4-8(2)11(14(19)20)10(7)13-17-9-5-15-6-16-12(9)18-13/h3-6H,1-2H3,(H,19,20)(H,15,16,17,18). The molecular formula is C14H12N4O2. The lowest BCUT2D eigenvalue weighted by atomic mass is 9.97. The fourth-order valence-electron chi connectivity index (χ4n) is 2.27. The number of rotatable bonds is 2. The van der Waals surface area contributed by atoms with Crippen molar-refractivity contribution in [2.75, 3.05) is 0 Å². The summed E-state index contributed by atoms with van der Waals surface area (Å²) in [6, 6.07) is 3.68. The number of nitrogens with zero attached hydrogens (tertiary/aromatic N) is 3. The summed E-state index contributed by atoms with van der Waals surface area (Å²) in [7, 11) is 0. The Balaban J connectivity index is 2.33. The monoisotopic (exact) mass is 268 g/mol. The number of imidazole rings is 1. The number of fused-ring (bicyclic) bond motifs is 1. The van der Waals surface area contributed by atoms with E-state index in [1.54, 1.807) is 19.2 Å². The van der Waals surface area contributed by atoms with Gasteiger partial charge in [-0.05, 0) is 25.0 Å². The molecule has 3 aromatic rings. The minimum absolute atomic E-state index is 0.261. The number of carbonyl (C=O) groups is 1. The Bertz CT molecular complexity index is 790. The lowest BCUT2D eigenvalue weighted by molar-refractivity contribution is 0.0697. The van der Waals surface area contributed by atoms with Gasteiger partial charge in [-0.1, -0.05) is 12.1 Å². The molecule has 0 radical (unpaired) electrons. The highest BCUT2D eigenvalue weighted by molar-refractivity contribution is 5.98. The van der Waals surface area contributed by atoms with Crippen LogP contribution in [-0.2, 0) is 0 Å². The van der Waals surface area contributed by atoms with E-state index in [4.69, 9.17) is 0 Å². The second kappa shape index (κ2) is 4.41. The van der Waals surface area contributed by atoms with Gasteiger partial charge in [0, 0.05) is 5.56 Å². The molecule has 0 unspecified atom stereocenters. The van der Waals surface area contributed by atoms with Crippen LogP contribution >= 0.6 is 0 Å². The van der Waals surface area contributed by atoms with Gasteiger partial charge in [0.25, 0.3) is 0 Å². The third-order valence-electron chi connectivity index (χ3n) is 3.23. The van der Waals surface area contributed by atoms with Crippen molar-refractivity contribution in [1.29, 1.82) is 0 Å². The molecule has 0 saturated carbocycles. The smallest absolute Gasteiger partial charge is 0.336 e. The van der Waals surface area contributed by atoms with E-state index in [-0.39, 0.29) is 5.56 Å². The molecular weight excluding hydrogens is 256 g/mol. The molecule has 0 aliphatic carbocycles. The fourth-order valence-corrected chi connectivity index (χ4v) is 2.27. The molecule has 3 rings (SSSR count). The van der Waals surface area contributed by atoms with Crippen molar-refractivity contribution in [3.8, 4) is 11.4 Å². The van der Waals surface area contributed by atoms with E-state index in [9.17, 15) is 9.90 Å². The van der Waals surface area contributed by atoms with Crippen LogP contribution in [0.1, 0.15) is 21.5 Å². The number of nitrogens with one attached hydrogen (secondary N) is 1. The van der Waals surface area contributed by atoms with E-state index < -0.39 is 5.97 Å². The Kier molecular flexibility index (Phi) is 2.71. The first-order chi connectivity index (χ1) is 9.58. The molecule has 0 spiro atoms. The summed E-state index contributed by atoms with van der Waals surface area (Å²) in [6.07, 6.45) is 3.03. The first-order valence-corrected chi connectivity index (χ1v) is 6.07. The maximum Gasteiger partial charge on any atom is 0.336 e. The number of carboxylic acids is 1. The van der Waals surface area contributed by atoms with Gasteiger partial charge in [-0.2, -0.15) is 0 Å². The van der Waals surface area contributed by atoms with Crippen LogP contribution in [0.2, 0.25) is 0 Å². The zero-order valence-electron chi connectivity index (χ0n) is 11.0. The van der Waals surface area contributed by atoms with E-state index in [1.165, 1.54) is 6.33 Å². The third kappa shape index (κ3) is 1.82. The van der Waals surface area contributed by atoms with Gasteiger partial charge in [0.2, 0.25) is 0 Å². The third-order valence-corrected chi connectivity index (χ3v) is 3.23. The molecule has 6 nitrogen and oxygen atoms in total. The number of aromatic amines is 1. The Morgan fingerprint density at radius 2 is 2.00 bits per heavy atom. The molecule has 0 atom stereocenters. The summed E-state index contributed by atoms with van der Waals surface area (Å²) in [6.45, 7) is 3.63. The van der Waals surface area contributed by atoms with Crippen molar-refractivity contribution in [1.82, 2.24) is 19.9 Å². The number of aromatic nitrogens is 4. The summed E-state index contributed by atoms with van der Waals surface area (Å²) in [5.41, 5.74) is 3.60. The predicted octanol–water partition coefficient (Wildman–Crippen LogP) is 2.33. The second-order valence-electron chi connectivity index (χ2n) is 4.60. The average molecular weight is 268 g/mol. The highest BCUT2D eigenvalue weighted by atomic mass is 16.4. The van der Waals surface area contributed by atoms with E-state index >= 15 is 0 Å².